The van der Waals surface area contributed by atoms with Gasteiger partial charge >= 0.3 is 0 Å². The van der Waals surface area contributed by atoms with Crippen molar-refractivity contribution >= 4 is 21.7 Å². The molecule has 4 heteroatoms. The first kappa shape index (κ1) is 9.93. The Kier molecular flexibility index (Phi) is 3.03. The highest BCUT2D eigenvalue weighted by Crippen LogP contribution is 2.27. The standard InChI is InChI=1S/C10H13BrN2O/c1-8-2-3-12-10(9(8)11)13-4-6-14-7-5-13/h2-3H,4-7H2,1H3. The number of nitrogens with zero attached hydrogens (tertiary/aromatic N) is 2. The highest BCUT2D eigenvalue weighted by molar-refractivity contribution is 9.10. The van der Waals surface area contributed by atoms with Gasteiger partial charge in [-0.05, 0) is 34.5 Å². The zero-order chi connectivity index (χ0) is 9.97. The van der Waals surface area contributed by atoms with Crippen molar-refractivity contribution in [2.45, 2.75) is 6.92 Å². The minimum Gasteiger partial charge on any atom is -0.378 e. The fourth-order valence-electron chi connectivity index (χ4n) is 1.52. The van der Waals surface area contributed by atoms with Crippen LogP contribution in [-0.2, 0) is 4.74 Å². The number of aryl methyl sites for hydroxylation is 1. The van der Waals surface area contributed by atoms with Crippen molar-refractivity contribution in [3.8, 4) is 0 Å². The molecule has 0 amide bonds. The molecule has 0 radical (unpaired) electrons. The molecule has 3 nitrogen and oxygen atoms in total. The summed E-state index contributed by atoms with van der Waals surface area (Å²) in [5.41, 5.74) is 1.22. The van der Waals surface area contributed by atoms with E-state index in [4.69, 9.17) is 4.74 Å². The van der Waals surface area contributed by atoms with Crippen molar-refractivity contribution in [2.75, 3.05) is 31.2 Å². The van der Waals surface area contributed by atoms with Crippen LogP contribution in [-0.4, -0.2) is 31.3 Å². The number of hydrogen-bond donors (Lipinski definition) is 0. The first-order valence-electron chi connectivity index (χ1n) is 4.73. The molecular weight excluding hydrogens is 244 g/mol. The van der Waals surface area contributed by atoms with Crippen LogP contribution in [0.2, 0.25) is 0 Å². The molecule has 0 N–H and O–H groups in total. The molecular formula is C10H13BrN2O. The minimum absolute atomic E-state index is 0.794. The Morgan fingerprint density at radius 2 is 2.14 bits per heavy atom. The van der Waals surface area contributed by atoms with E-state index in [1.54, 1.807) is 0 Å². The van der Waals surface area contributed by atoms with Crippen LogP contribution in [0.5, 0.6) is 0 Å². The molecule has 1 fully saturated rings. The summed E-state index contributed by atoms with van der Waals surface area (Å²) in [6.45, 7) is 5.52. The van der Waals surface area contributed by atoms with Gasteiger partial charge < -0.3 is 9.64 Å². The minimum atomic E-state index is 0.794. The molecule has 2 rings (SSSR count). The molecule has 1 saturated heterocycles. The second-order valence-electron chi connectivity index (χ2n) is 3.36. The van der Waals surface area contributed by atoms with E-state index >= 15 is 0 Å². The maximum atomic E-state index is 5.31. The molecule has 0 bridgehead atoms. The van der Waals surface area contributed by atoms with Crippen LogP contribution < -0.4 is 4.90 Å². The van der Waals surface area contributed by atoms with Crippen LogP contribution in [0.15, 0.2) is 16.7 Å². The summed E-state index contributed by atoms with van der Waals surface area (Å²) in [4.78, 5) is 6.64. The Bertz CT molecular complexity index is 324. The van der Waals surface area contributed by atoms with E-state index in [1.165, 1.54) is 5.56 Å². The van der Waals surface area contributed by atoms with Crippen molar-refractivity contribution in [2.24, 2.45) is 0 Å². The van der Waals surface area contributed by atoms with Crippen LogP contribution >= 0.6 is 15.9 Å². The lowest BCUT2D eigenvalue weighted by Gasteiger charge is -2.28. The van der Waals surface area contributed by atoms with Crippen molar-refractivity contribution in [1.82, 2.24) is 4.98 Å². The molecule has 14 heavy (non-hydrogen) atoms. The van der Waals surface area contributed by atoms with Crippen LogP contribution in [0.4, 0.5) is 5.82 Å². The summed E-state index contributed by atoms with van der Waals surface area (Å²) >= 11 is 3.57. The van der Waals surface area contributed by atoms with Gasteiger partial charge in [-0.1, -0.05) is 0 Å². The van der Waals surface area contributed by atoms with Gasteiger partial charge in [0.25, 0.3) is 0 Å². The predicted octanol–water partition coefficient (Wildman–Crippen LogP) is 1.99. The predicted molar refractivity (Wildman–Crippen MR) is 59.7 cm³/mol. The van der Waals surface area contributed by atoms with Crippen molar-refractivity contribution in [1.29, 1.82) is 0 Å². The summed E-state index contributed by atoms with van der Waals surface area (Å²) in [7, 11) is 0. The van der Waals surface area contributed by atoms with Gasteiger partial charge in [-0.15, -0.1) is 0 Å². The molecule has 2 heterocycles. The van der Waals surface area contributed by atoms with Crippen molar-refractivity contribution in [3.05, 3.63) is 22.3 Å². The van der Waals surface area contributed by atoms with Crippen LogP contribution in [0.1, 0.15) is 5.56 Å². The molecule has 0 spiro atoms. The lowest BCUT2D eigenvalue weighted by atomic mass is 10.3. The SMILES string of the molecule is Cc1ccnc(N2CCOCC2)c1Br. The fraction of sp³-hybridized carbons (Fsp3) is 0.500. The van der Waals surface area contributed by atoms with Crippen molar-refractivity contribution < 1.29 is 4.74 Å². The number of ether oxygens (including phenoxy) is 1. The third kappa shape index (κ3) is 1.91. The third-order valence-corrected chi connectivity index (χ3v) is 3.35. The molecule has 0 aliphatic carbocycles. The fourth-order valence-corrected chi connectivity index (χ4v) is 2.01. The van der Waals surface area contributed by atoms with Gasteiger partial charge in [0.1, 0.15) is 5.82 Å². The van der Waals surface area contributed by atoms with Gasteiger partial charge in [0.2, 0.25) is 0 Å². The quantitative estimate of drug-likeness (QED) is 0.769. The number of hydrogen-bond acceptors (Lipinski definition) is 3. The van der Waals surface area contributed by atoms with E-state index in [0.717, 1.165) is 36.6 Å². The van der Waals surface area contributed by atoms with E-state index in [2.05, 4.69) is 32.7 Å². The smallest absolute Gasteiger partial charge is 0.143 e. The molecule has 1 aromatic rings. The summed E-state index contributed by atoms with van der Waals surface area (Å²) in [5.74, 6) is 1.04. The second kappa shape index (κ2) is 4.28. The Hall–Kier alpha value is -0.610. The molecule has 76 valence electrons. The number of pyridine rings is 1. The average molecular weight is 257 g/mol. The van der Waals surface area contributed by atoms with Crippen LogP contribution in [0, 0.1) is 6.92 Å². The number of halogens is 1. The summed E-state index contributed by atoms with van der Waals surface area (Å²) < 4.78 is 6.41. The van der Waals surface area contributed by atoms with Gasteiger partial charge in [-0.25, -0.2) is 4.98 Å². The van der Waals surface area contributed by atoms with Crippen LogP contribution in [0.3, 0.4) is 0 Å². The number of rotatable bonds is 1. The first-order chi connectivity index (χ1) is 6.79. The molecule has 0 aromatic carbocycles. The zero-order valence-electron chi connectivity index (χ0n) is 8.16. The Balaban J connectivity index is 2.26. The van der Waals surface area contributed by atoms with Gasteiger partial charge in [-0.3, -0.25) is 0 Å². The first-order valence-corrected chi connectivity index (χ1v) is 5.52. The monoisotopic (exact) mass is 256 g/mol. The normalized spacial score (nSPS) is 17.1. The zero-order valence-corrected chi connectivity index (χ0v) is 9.75. The lowest BCUT2D eigenvalue weighted by Crippen LogP contribution is -2.37. The second-order valence-corrected chi connectivity index (χ2v) is 4.16. The Morgan fingerprint density at radius 3 is 2.86 bits per heavy atom. The summed E-state index contributed by atoms with van der Waals surface area (Å²) in [6, 6.07) is 2.01. The summed E-state index contributed by atoms with van der Waals surface area (Å²) in [6.07, 6.45) is 1.85. The molecule has 1 aromatic heterocycles. The molecule has 0 atom stereocenters. The average Bonchev–Trinajstić information content (AvgIpc) is 2.23. The largest absolute Gasteiger partial charge is 0.378 e. The Labute approximate surface area is 92.2 Å². The van der Waals surface area contributed by atoms with Gasteiger partial charge in [0.05, 0.1) is 17.7 Å². The van der Waals surface area contributed by atoms with E-state index in [0.29, 0.717) is 0 Å². The number of aromatic nitrogens is 1. The highest BCUT2D eigenvalue weighted by atomic mass is 79.9. The topological polar surface area (TPSA) is 25.4 Å². The van der Waals surface area contributed by atoms with E-state index < -0.39 is 0 Å². The maximum absolute atomic E-state index is 5.31. The molecule has 1 aliphatic rings. The third-order valence-electron chi connectivity index (χ3n) is 2.37. The number of anilines is 1. The lowest BCUT2D eigenvalue weighted by molar-refractivity contribution is 0.122. The van der Waals surface area contributed by atoms with E-state index in [9.17, 15) is 0 Å². The van der Waals surface area contributed by atoms with E-state index in [-0.39, 0.29) is 0 Å². The maximum Gasteiger partial charge on any atom is 0.143 e. The summed E-state index contributed by atoms with van der Waals surface area (Å²) in [5, 5.41) is 0. The van der Waals surface area contributed by atoms with Gasteiger partial charge in [0.15, 0.2) is 0 Å². The van der Waals surface area contributed by atoms with Gasteiger partial charge in [0, 0.05) is 19.3 Å². The molecule has 1 aliphatic heterocycles. The number of morpholine rings is 1. The van der Waals surface area contributed by atoms with Crippen molar-refractivity contribution in [3.63, 3.8) is 0 Å². The van der Waals surface area contributed by atoms with Gasteiger partial charge in [-0.2, -0.15) is 0 Å². The highest BCUT2D eigenvalue weighted by Gasteiger charge is 2.15. The van der Waals surface area contributed by atoms with E-state index in [1.807, 2.05) is 12.3 Å². The molecule has 0 unspecified atom stereocenters. The molecule has 0 saturated carbocycles. The Morgan fingerprint density at radius 1 is 1.43 bits per heavy atom. The van der Waals surface area contributed by atoms with Crippen LogP contribution in [0.25, 0.3) is 0 Å².